The fraction of sp³-hybridized carbons (Fsp3) is 1.00. The highest BCUT2D eigenvalue weighted by molar-refractivity contribution is 5.04. The van der Waals surface area contributed by atoms with Gasteiger partial charge in [-0.2, -0.15) is 0 Å². The molecule has 0 aromatic heterocycles. The summed E-state index contributed by atoms with van der Waals surface area (Å²) in [6, 6.07) is 0. The van der Waals surface area contributed by atoms with E-state index >= 15 is 0 Å². The van der Waals surface area contributed by atoms with Crippen LogP contribution < -0.4 is 0 Å². The van der Waals surface area contributed by atoms with E-state index in [1.54, 1.807) is 0 Å². The summed E-state index contributed by atoms with van der Waals surface area (Å²) < 4.78 is 17.5. The molecule has 1 saturated carbocycles. The molecule has 5 nitrogen and oxygen atoms in total. The average Bonchev–Trinajstić information content (AvgIpc) is 2.86. The van der Waals surface area contributed by atoms with Gasteiger partial charge in [-0.15, -0.1) is 0 Å². The zero-order valence-electron chi connectivity index (χ0n) is 9.93. The van der Waals surface area contributed by atoms with Crippen molar-refractivity contribution in [3.63, 3.8) is 0 Å². The summed E-state index contributed by atoms with van der Waals surface area (Å²) in [7, 11) is 0. The Kier molecular flexibility index (Phi) is 2.91. The van der Waals surface area contributed by atoms with Crippen molar-refractivity contribution in [2.45, 2.75) is 55.7 Å². The van der Waals surface area contributed by atoms with E-state index in [0.29, 0.717) is 6.61 Å². The summed E-state index contributed by atoms with van der Waals surface area (Å²) in [6.45, 7) is -0.0677. The molecule has 0 amide bonds. The minimum absolute atomic E-state index is 0.146. The van der Waals surface area contributed by atoms with Crippen LogP contribution in [0.1, 0.15) is 32.1 Å². The van der Waals surface area contributed by atoms with E-state index in [4.69, 9.17) is 14.2 Å². The zero-order valence-corrected chi connectivity index (χ0v) is 9.93. The molecule has 3 aliphatic rings. The first kappa shape index (κ1) is 11.9. The maximum atomic E-state index is 9.43. The summed E-state index contributed by atoms with van der Waals surface area (Å²) >= 11 is 0. The highest BCUT2D eigenvalue weighted by Gasteiger charge is 2.60. The Labute approximate surface area is 101 Å². The van der Waals surface area contributed by atoms with E-state index in [9.17, 15) is 10.2 Å². The van der Waals surface area contributed by atoms with Gasteiger partial charge < -0.3 is 24.4 Å². The molecule has 5 heteroatoms. The molecule has 98 valence electrons. The minimum Gasteiger partial charge on any atom is -0.393 e. The van der Waals surface area contributed by atoms with Crippen molar-refractivity contribution in [3.8, 4) is 0 Å². The predicted octanol–water partition coefficient (Wildman–Crippen LogP) is 0.184. The Bertz CT molecular complexity index is 283. The summed E-state index contributed by atoms with van der Waals surface area (Å²) in [5, 5.41) is 18.9. The van der Waals surface area contributed by atoms with Crippen LogP contribution in [-0.2, 0) is 14.2 Å². The molecule has 17 heavy (non-hydrogen) atoms. The van der Waals surface area contributed by atoms with Gasteiger partial charge in [0.2, 0.25) is 0 Å². The van der Waals surface area contributed by atoms with Gasteiger partial charge in [-0.05, 0) is 12.8 Å². The molecule has 0 aromatic rings. The first-order valence-corrected chi connectivity index (χ1v) is 6.45. The number of aliphatic hydroxyl groups is 2. The van der Waals surface area contributed by atoms with Crippen molar-refractivity contribution < 1.29 is 24.4 Å². The van der Waals surface area contributed by atoms with Gasteiger partial charge in [-0.3, -0.25) is 0 Å². The number of fused-ring (bicyclic) bond motifs is 1. The molecule has 3 fully saturated rings. The highest BCUT2D eigenvalue weighted by Crippen LogP contribution is 2.46. The van der Waals surface area contributed by atoms with Gasteiger partial charge in [-0.25, -0.2) is 0 Å². The monoisotopic (exact) mass is 244 g/mol. The maximum absolute atomic E-state index is 9.43. The summed E-state index contributed by atoms with van der Waals surface area (Å²) in [5.41, 5.74) is -0.981. The summed E-state index contributed by atoms with van der Waals surface area (Å²) in [5.74, 6) is -0.479. The van der Waals surface area contributed by atoms with Gasteiger partial charge in [0.15, 0.2) is 5.79 Å². The van der Waals surface area contributed by atoms with Crippen molar-refractivity contribution in [1.29, 1.82) is 0 Å². The normalized spacial score (nSPS) is 38.5. The molecule has 1 aliphatic carbocycles. The van der Waals surface area contributed by atoms with Crippen molar-refractivity contribution in [2.24, 2.45) is 0 Å². The lowest BCUT2D eigenvalue weighted by Gasteiger charge is -2.35. The molecule has 0 aromatic carbocycles. The van der Waals surface area contributed by atoms with Gasteiger partial charge in [0.05, 0.1) is 19.8 Å². The second-order valence-electron chi connectivity index (χ2n) is 5.36. The molecule has 2 N–H and O–H groups in total. The van der Waals surface area contributed by atoms with Crippen LogP contribution in [0.2, 0.25) is 0 Å². The lowest BCUT2D eigenvalue weighted by molar-refractivity contribution is -0.237. The fourth-order valence-corrected chi connectivity index (χ4v) is 3.22. The Morgan fingerprint density at radius 3 is 2.35 bits per heavy atom. The van der Waals surface area contributed by atoms with Gasteiger partial charge in [0.1, 0.15) is 17.8 Å². The molecular weight excluding hydrogens is 224 g/mol. The quantitative estimate of drug-likeness (QED) is 0.725. The van der Waals surface area contributed by atoms with E-state index in [1.165, 1.54) is 6.42 Å². The third kappa shape index (κ3) is 1.72. The van der Waals surface area contributed by atoms with Gasteiger partial charge in [0, 0.05) is 12.8 Å². The Morgan fingerprint density at radius 2 is 1.71 bits per heavy atom. The van der Waals surface area contributed by atoms with Crippen molar-refractivity contribution >= 4 is 0 Å². The van der Waals surface area contributed by atoms with Crippen LogP contribution >= 0.6 is 0 Å². The minimum atomic E-state index is -0.981. The lowest BCUT2D eigenvalue weighted by atomic mass is 9.94. The van der Waals surface area contributed by atoms with Gasteiger partial charge in [0.25, 0.3) is 0 Å². The molecule has 0 bridgehead atoms. The largest absolute Gasteiger partial charge is 0.393 e. The van der Waals surface area contributed by atoms with E-state index in [-0.39, 0.29) is 25.4 Å². The SMILES string of the molecule is OCC1(CO)OCC2OC3(CCCCC3)OC21. The molecule has 2 aliphatic heterocycles. The standard InChI is InChI=1S/C12H20O5/c13-7-11(8-14)10-9(6-15-11)16-12(17-10)4-2-1-3-5-12/h9-10,13-14H,1-8H2. The van der Waals surface area contributed by atoms with Gasteiger partial charge in [-0.1, -0.05) is 6.42 Å². The third-order valence-corrected chi connectivity index (χ3v) is 4.25. The smallest absolute Gasteiger partial charge is 0.169 e. The first-order valence-electron chi connectivity index (χ1n) is 6.45. The lowest BCUT2D eigenvalue weighted by Crippen LogP contribution is -2.50. The maximum Gasteiger partial charge on any atom is 0.169 e. The zero-order chi connectivity index (χ0) is 11.9. The van der Waals surface area contributed by atoms with E-state index in [0.717, 1.165) is 25.7 Å². The topological polar surface area (TPSA) is 68.2 Å². The third-order valence-electron chi connectivity index (χ3n) is 4.25. The summed E-state index contributed by atoms with van der Waals surface area (Å²) in [6.07, 6.45) is 4.80. The molecular formula is C12H20O5. The Hall–Kier alpha value is -0.200. The van der Waals surface area contributed by atoms with Crippen molar-refractivity contribution in [1.82, 2.24) is 0 Å². The second kappa shape index (κ2) is 4.17. The number of hydrogen-bond donors (Lipinski definition) is 2. The molecule has 2 saturated heterocycles. The fourth-order valence-electron chi connectivity index (χ4n) is 3.22. The first-order chi connectivity index (χ1) is 8.24. The molecule has 2 atom stereocenters. The van der Waals surface area contributed by atoms with Gasteiger partial charge >= 0.3 is 0 Å². The van der Waals surface area contributed by atoms with E-state index < -0.39 is 11.4 Å². The second-order valence-corrected chi connectivity index (χ2v) is 5.36. The van der Waals surface area contributed by atoms with E-state index in [1.807, 2.05) is 0 Å². The molecule has 2 heterocycles. The summed E-state index contributed by atoms with van der Waals surface area (Å²) in [4.78, 5) is 0. The van der Waals surface area contributed by atoms with E-state index in [2.05, 4.69) is 0 Å². The van der Waals surface area contributed by atoms with Crippen LogP contribution in [0.15, 0.2) is 0 Å². The Morgan fingerprint density at radius 1 is 1.00 bits per heavy atom. The number of hydrogen-bond acceptors (Lipinski definition) is 5. The molecule has 1 spiro atoms. The number of aliphatic hydroxyl groups excluding tert-OH is 2. The van der Waals surface area contributed by atoms with Crippen LogP contribution in [-0.4, -0.2) is 53.6 Å². The molecule has 2 unspecified atom stereocenters. The van der Waals surface area contributed by atoms with Crippen LogP contribution in [0.4, 0.5) is 0 Å². The highest BCUT2D eigenvalue weighted by atomic mass is 16.8. The van der Waals surface area contributed by atoms with Crippen LogP contribution in [0.3, 0.4) is 0 Å². The van der Waals surface area contributed by atoms with Crippen molar-refractivity contribution in [3.05, 3.63) is 0 Å². The average molecular weight is 244 g/mol. The van der Waals surface area contributed by atoms with Crippen molar-refractivity contribution in [2.75, 3.05) is 19.8 Å². The number of ether oxygens (including phenoxy) is 3. The molecule has 0 radical (unpaired) electrons. The Balaban J connectivity index is 1.78. The molecule has 3 rings (SSSR count). The number of rotatable bonds is 2. The van der Waals surface area contributed by atoms with Crippen LogP contribution in [0.5, 0.6) is 0 Å². The predicted molar refractivity (Wildman–Crippen MR) is 58.4 cm³/mol. The van der Waals surface area contributed by atoms with Crippen LogP contribution in [0.25, 0.3) is 0 Å². The van der Waals surface area contributed by atoms with Crippen LogP contribution in [0, 0.1) is 0 Å².